The Morgan fingerprint density at radius 2 is 2.11 bits per heavy atom. The van der Waals surface area contributed by atoms with E-state index in [1.54, 1.807) is 0 Å². The van der Waals surface area contributed by atoms with Gasteiger partial charge in [-0.2, -0.15) is 0 Å². The molecule has 1 aromatic heterocycles. The summed E-state index contributed by atoms with van der Waals surface area (Å²) in [7, 11) is 0. The maximum Gasteiger partial charge on any atom is 0.311 e. The van der Waals surface area contributed by atoms with Crippen molar-refractivity contribution in [1.82, 2.24) is 4.98 Å². The van der Waals surface area contributed by atoms with Gasteiger partial charge in [0.2, 0.25) is 0 Å². The first-order valence-electron chi connectivity index (χ1n) is 6.18. The van der Waals surface area contributed by atoms with E-state index >= 15 is 0 Å². The van der Waals surface area contributed by atoms with Crippen molar-refractivity contribution in [1.29, 1.82) is 0 Å². The average molecular weight is 274 g/mol. The molecule has 0 aliphatic heterocycles. The summed E-state index contributed by atoms with van der Waals surface area (Å²) in [5, 5.41) is 15.0. The number of carboxylic acids is 1. The molecule has 0 spiro atoms. The topological polar surface area (TPSA) is 62.2 Å². The fraction of sp³-hybridized carbons (Fsp3) is 0.286. The van der Waals surface area contributed by atoms with Gasteiger partial charge in [0.15, 0.2) is 5.13 Å². The van der Waals surface area contributed by atoms with Crippen LogP contribution in [0, 0.1) is 5.41 Å². The van der Waals surface area contributed by atoms with Gasteiger partial charge in [-0.15, -0.1) is 11.3 Å². The van der Waals surface area contributed by atoms with Crippen molar-refractivity contribution in [3.63, 3.8) is 0 Å². The van der Waals surface area contributed by atoms with Gasteiger partial charge in [-0.3, -0.25) is 4.79 Å². The first-order chi connectivity index (χ1) is 9.20. The molecule has 0 bridgehead atoms. The smallest absolute Gasteiger partial charge is 0.311 e. The third-order valence-corrected chi connectivity index (χ3v) is 4.26. The number of aromatic nitrogens is 1. The third-order valence-electron chi connectivity index (χ3n) is 3.46. The monoisotopic (exact) mass is 274 g/mol. The Hall–Kier alpha value is -1.88. The van der Waals surface area contributed by atoms with E-state index in [-0.39, 0.29) is 0 Å². The number of thiazole rings is 1. The van der Waals surface area contributed by atoms with E-state index in [0.717, 1.165) is 29.2 Å². The zero-order valence-corrected chi connectivity index (χ0v) is 11.1. The van der Waals surface area contributed by atoms with Crippen LogP contribution in [0.4, 0.5) is 5.13 Å². The van der Waals surface area contributed by atoms with Gasteiger partial charge in [-0.05, 0) is 12.8 Å². The minimum absolute atomic E-state index is 0.462. The quantitative estimate of drug-likeness (QED) is 0.879. The Balaban J connectivity index is 1.68. The predicted molar refractivity (Wildman–Crippen MR) is 75.3 cm³/mol. The Kier molecular flexibility index (Phi) is 2.98. The lowest BCUT2D eigenvalue weighted by atomic mass is 10.1. The first kappa shape index (κ1) is 12.2. The second kappa shape index (κ2) is 4.66. The van der Waals surface area contributed by atoms with Crippen LogP contribution in [-0.2, 0) is 4.79 Å². The molecule has 3 rings (SSSR count). The van der Waals surface area contributed by atoms with Crippen molar-refractivity contribution in [3.8, 4) is 11.3 Å². The van der Waals surface area contributed by atoms with Gasteiger partial charge in [-0.1, -0.05) is 30.3 Å². The van der Waals surface area contributed by atoms with Crippen molar-refractivity contribution in [3.05, 3.63) is 35.7 Å². The highest BCUT2D eigenvalue weighted by molar-refractivity contribution is 7.14. The largest absolute Gasteiger partial charge is 0.481 e. The predicted octanol–water partition coefficient (Wildman–Crippen LogP) is 3.09. The van der Waals surface area contributed by atoms with E-state index in [0.29, 0.717) is 6.54 Å². The minimum atomic E-state index is -0.708. The summed E-state index contributed by atoms with van der Waals surface area (Å²) < 4.78 is 0. The molecular weight excluding hydrogens is 260 g/mol. The number of aliphatic carboxylic acids is 1. The Bertz CT molecular complexity index is 591. The second-order valence-corrected chi connectivity index (χ2v) is 5.70. The first-order valence-corrected chi connectivity index (χ1v) is 7.06. The molecule has 0 atom stereocenters. The van der Waals surface area contributed by atoms with Crippen LogP contribution in [0.3, 0.4) is 0 Å². The molecule has 1 aromatic carbocycles. The van der Waals surface area contributed by atoms with Crippen molar-refractivity contribution < 1.29 is 9.90 Å². The van der Waals surface area contributed by atoms with E-state index in [1.165, 1.54) is 11.3 Å². The lowest BCUT2D eigenvalue weighted by Gasteiger charge is -2.09. The van der Waals surface area contributed by atoms with Crippen LogP contribution in [0.15, 0.2) is 35.7 Å². The zero-order chi connectivity index (χ0) is 13.3. The van der Waals surface area contributed by atoms with Gasteiger partial charge >= 0.3 is 5.97 Å². The van der Waals surface area contributed by atoms with Crippen LogP contribution in [0.25, 0.3) is 11.3 Å². The maximum atomic E-state index is 11.1. The summed E-state index contributed by atoms with van der Waals surface area (Å²) in [4.78, 5) is 15.6. The van der Waals surface area contributed by atoms with Gasteiger partial charge in [0.1, 0.15) is 0 Å². The van der Waals surface area contributed by atoms with Crippen molar-refractivity contribution in [2.24, 2.45) is 5.41 Å². The van der Waals surface area contributed by atoms with E-state index in [1.807, 2.05) is 35.7 Å². The second-order valence-electron chi connectivity index (χ2n) is 4.84. The highest BCUT2D eigenvalue weighted by Crippen LogP contribution is 2.46. The maximum absolute atomic E-state index is 11.1. The normalized spacial score (nSPS) is 16.0. The van der Waals surface area contributed by atoms with Gasteiger partial charge in [0.05, 0.1) is 11.1 Å². The van der Waals surface area contributed by atoms with Crippen molar-refractivity contribution in [2.45, 2.75) is 12.8 Å². The standard InChI is InChI=1S/C14H14N2O2S/c17-12(18)14(6-7-14)9-15-13-16-11(8-19-13)10-4-2-1-3-5-10/h1-5,8H,6-7,9H2,(H,15,16)(H,17,18). The number of carboxylic acid groups (broad SMARTS) is 1. The molecule has 19 heavy (non-hydrogen) atoms. The molecule has 2 N–H and O–H groups in total. The summed E-state index contributed by atoms with van der Waals surface area (Å²) in [5.41, 5.74) is 1.44. The van der Waals surface area contributed by atoms with E-state index in [2.05, 4.69) is 10.3 Å². The van der Waals surface area contributed by atoms with Crippen molar-refractivity contribution >= 4 is 22.4 Å². The van der Waals surface area contributed by atoms with Crippen LogP contribution >= 0.6 is 11.3 Å². The molecule has 4 nitrogen and oxygen atoms in total. The Morgan fingerprint density at radius 3 is 2.74 bits per heavy atom. The highest BCUT2D eigenvalue weighted by Gasteiger charge is 2.50. The van der Waals surface area contributed by atoms with Gasteiger partial charge in [-0.25, -0.2) is 4.98 Å². The van der Waals surface area contributed by atoms with E-state index in [9.17, 15) is 4.79 Å². The molecule has 2 aromatic rings. The molecule has 98 valence electrons. The molecule has 1 aliphatic rings. The number of anilines is 1. The SMILES string of the molecule is O=C(O)C1(CNc2nc(-c3ccccc3)cs2)CC1. The van der Waals surface area contributed by atoms with E-state index < -0.39 is 11.4 Å². The molecule has 0 amide bonds. The van der Waals surface area contributed by atoms with Crippen molar-refractivity contribution in [2.75, 3.05) is 11.9 Å². The molecular formula is C14H14N2O2S. The van der Waals surface area contributed by atoms with Crippen LogP contribution in [0.1, 0.15) is 12.8 Å². The number of benzene rings is 1. The lowest BCUT2D eigenvalue weighted by Crippen LogP contribution is -2.24. The minimum Gasteiger partial charge on any atom is -0.481 e. The Morgan fingerprint density at radius 1 is 1.37 bits per heavy atom. The fourth-order valence-electron chi connectivity index (χ4n) is 1.96. The summed E-state index contributed by atoms with van der Waals surface area (Å²) in [6.45, 7) is 0.462. The molecule has 1 heterocycles. The number of carbonyl (C=O) groups is 1. The van der Waals surface area contributed by atoms with Crippen LogP contribution in [0.2, 0.25) is 0 Å². The highest BCUT2D eigenvalue weighted by atomic mass is 32.1. The van der Waals surface area contributed by atoms with Crippen LogP contribution in [0.5, 0.6) is 0 Å². The van der Waals surface area contributed by atoms with E-state index in [4.69, 9.17) is 5.11 Å². The summed E-state index contributed by atoms with van der Waals surface area (Å²) >= 11 is 1.51. The summed E-state index contributed by atoms with van der Waals surface area (Å²) in [6, 6.07) is 9.95. The molecule has 0 saturated heterocycles. The molecule has 0 radical (unpaired) electrons. The van der Waals surface area contributed by atoms with Gasteiger partial charge in [0, 0.05) is 17.5 Å². The molecule has 1 fully saturated rings. The number of nitrogens with one attached hydrogen (secondary N) is 1. The van der Waals surface area contributed by atoms with Crippen LogP contribution in [-0.4, -0.2) is 22.6 Å². The number of hydrogen-bond acceptors (Lipinski definition) is 4. The summed E-state index contributed by atoms with van der Waals surface area (Å²) in [6.07, 6.45) is 1.51. The average Bonchev–Trinajstić information content (AvgIpc) is 3.09. The lowest BCUT2D eigenvalue weighted by molar-refractivity contribution is -0.142. The third kappa shape index (κ3) is 2.46. The molecule has 1 saturated carbocycles. The summed E-state index contributed by atoms with van der Waals surface area (Å²) in [5.74, 6) is -0.708. The molecule has 5 heteroatoms. The van der Waals surface area contributed by atoms with Gasteiger partial charge < -0.3 is 10.4 Å². The molecule has 0 unspecified atom stereocenters. The number of hydrogen-bond donors (Lipinski definition) is 2. The zero-order valence-electron chi connectivity index (χ0n) is 10.3. The Labute approximate surface area is 115 Å². The van der Waals surface area contributed by atoms with Crippen LogP contribution < -0.4 is 5.32 Å². The number of rotatable bonds is 5. The molecule has 1 aliphatic carbocycles. The van der Waals surface area contributed by atoms with Gasteiger partial charge in [0.25, 0.3) is 0 Å². The number of nitrogens with zero attached hydrogens (tertiary/aromatic N) is 1. The fourth-order valence-corrected chi connectivity index (χ4v) is 2.68.